The molecule has 0 saturated carbocycles. The van der Waals surface area contributed by atoms with Gasteiger partial charge in [-0.1, -0.05) is 53.5 Å². The van der Waals surface area contributed by atoms with E-state index in [4.69, 9.17) is 27.9 Å². The predicted molar refractivity (Wildman–Crippen MR) is 123 cm³/mol. The summed E-state index contributed by atoms with van der Waals surface area (Å²) in [5, 5.41) is 9.97. The third-order valence-corrected chi connectivity index (χ3v) is 6.17. The molecule has 3 aromatic carbocycles. The van der Waals surface area contributed by atoms with Crippen molar-refractivity contribution < 1.29 is 23.1 Å². The highest BCUT2D eigenvalue weighted by Crippen LogP contribution is 2.47. The fourth-order valence-electron chi connectivity index (χ4n) is 3.09. The van der Waals surface area contributed by atoms with E-state index in [1.54, 1.807) is 37.3 Å². The van der Waals surface area contributed by atoms with E-state index < -0.39 is 22.5 Å². The third-order valence-electron chi connectivity index (χ3n) is 4.43. The second kappa shape index (κ2) is 9.18. The summed E-state index contributed by atoms with van der Waals surface area (Å²) < 4.78 is 31.7. The molecule has 0 spiro atoms. The first-order valence-corrected chi connectivity index (χ1v) is 11.7. The number of carbonyl (C=O) groups is 1. The normalized spacial score (nSPS) is 11.2. The van der Waals surface area contributed by atoms with Crippen LogP contribution in [-0.2, 0) is 14.8 Å². The highest BCUT2D eigenvalue weighted by Gasteiger charge is 2.29. The lowest BCUT2D eigenvalue weighted by molar-refractivity contribution is -0.135. The number of rotatable bonds is 7. The van der Waals surface area contributed by atoms with Crippen LogP contribution < -0.4 is 9.04 Å². The molecule has 3 aromatic rings. The van der Waals surface area contributed by atoms with Gasteiger partial charge in [0.25, 0.3) is 0 Å². The Morgan fingerprint density at radius 1 is 1.06 bits per heavy atom. The second-order valence-corrected chi connectivity index (χ2v) is 9.54. The Balaban J connectivity index is 2.29. The number of carboxylic acids is 1. The molecule has 0 fully saturated rings. The fourth-order valence-corrected chi connectivity index (χ4v) is 4.41. The summed E-state index contributed by atoms with van der Waals surface area (Å²) in [6, 6.07) is 17.4. The molecule has 3 rings (SSSR count). The number of carboxylic acid groups (broad SMARTS) is 1. The number of benzene rings is 3. The average molecular weight is 480 g/mol. The Hall–Kier alpha value is -2.74. The van der Waals surface area contributed by atoms with E-state index in [9.17, 15) is 18.3 Å². The van der Waals surface area contributed by atoms with Gasteiger partial charge in [0.2, 0.25) is 10.0 Å². The van der Waals surface area contributed by atoms with Crippen molar-refractivity contribution in [2.45, 2.75) is 6.92 Å². The minimum absolute atomic E-state index is 0.0366. The van der Waals surface area contributed by atoms with E-state index in [0.29, 0.717) is 21.9 Å². The van der Waals surface area contributed by atoms with Crippen molar-refractivity contribution in [3.63, 3.8) is 0 Å². The number of ether oxygens (including phenoxy) is 1. The molecule has 0 aliphatic rings. The predicted octanol–water partition coefficient (Wildman–Crippen LogP) is 5.61. The molecule has 162 valence electrons. The van der Waals surface area contributed by atoms with Gasteiger partial charge in [-0.3, -0.25) is 9.10 Å². The van der Waals surface area contributed by atoms with Crippen molar-refractivity contribution in [2.24, 2.45) is 0 Å². The molecule has 0 saturated heterocycles. The molecule has 0 atom stereocenters. The van der Waals surface area contributed by atoms with Crippen LogP contribution in [0.3, 0.4) is 0 Å². The molecular weight excluding hydrogens is 461 g/mol. The van der Waals surface area contributed by atoms with Crippen molar-refractivity contribution in [3.8, 4) is 22.6 Å². The molecule has 0 radical (unpaired) electrons. The van der Waals surface area contributed by atoms with Gasteiger partial charge in [-0.25, -0.2) is 8.42 Å². The molecule has 0 aromatic heterocycles. The third kappa shape index (κ3) is 5.31. The van der Waals surface area contributed by atoms with Crippen LogP contribution in [0.4, 0.5) is 5.69 Å². The van der Waals surface area contributed by atoms with Gasteiger partial charge in [-0.2, -0.15) is 0 Å². The standard InChI is InChI=1S/C22H19Cl2NO5S/c1-14-12-18(15-6-4-3-5-7-15)20(24)22(30-17-10-8-16(23)9-11-17)21(14)25(13-19(26)27)31(2,28)29/h3-12H,13H2,1-2H3,(H,26,27). The smallest absolute Gasteiger partial charge is 0.324 e. The first kappa shape index (κ1) is 22.9. The van der Waals surface area contributed by atoms with Gasteiger partial charge < -0.3 is 9.84 Å². The molecule has 0 bridgehead atoms. The van der Waals surface area contributed by atoms with Crippen LogP contribution in [0.15, 0.2) is 60.7 Å². The van der Waals surface area contributed by atoms with Gasteiger partial charge in [0.05, 0.1) is 17.0 Å². The van der Waals surface area contributed by atoms with Crippen molar-refractivity contribution >= 4 is 44.9 Å². The molecule has 0 amide bonds. The highest BCUT2D eigenvalue weighted by atomic mass is 35.5. The number of sulfonamides is 1. The summed E-state index contributed by atoms with van der Waals surface area (Å²) in [5.74, 6) is -0.916. The zero-order chi connectivity index (χ0) is 22.8. The molecule has 0 heterocycles. The summed E-state index contributed by atoms with van der Waals surface area (Å²) in [4.78, 5) is 11.4. The molecule has 0 aliphatic heterocycles. The number of hydrogen-bond acceptors (Lipinski definition) is 4. The van der Waals surface area contributed by atoms with E-state index in [1.807, 2.05) is 30.3 Å². The summed E-state index contributed by atoms with van der Waals surface area (Å²) in [7, 11) is -3.96. The Kier molecular flexibility index (Phi) is 6.79. The van der Waals surface area contributed by atoms with E-state index in [2.05, 4.69) is 0 Å². The Bertz CT molecular complexity index is 1210. The SMILES string of the molecule is Cc1cc(-c2ccccc2)c(Cl)c(Oc2ccc(Cl)cc2)c1N(CC(=O)O)S(C)(=O)=O. The summed E-state index contributed by atoms with van der Waals surface area (Å²) in [6.45, 7) is 0.893. The van der Waals surface area contributed by atoms with E-state index in [0.717, 1.165) is 16.1 Å². The largest absolute Gasteiger partial charge is 0.480 e. The average Bonchev–Trinajstić information content (AvgIpc) is 2.70. The second-order valence-electron chi connectivity index (χ2n) is 6.82. The molecule has 1 N–H and O–H groups in total. The lowest BCUT2D eigenvalue weighted by atomic mass is 10.0. The zero-order valence-corrected chi connectivity index (χ0v) is 19.0. The fraction of sp³-hybridized carbons (Fsp3) is 0.136. The Morgan fingerprint density at radius 2 is 1.68 bits per heavy atom. The maximum atomic E-state index is 12.5. The Morgan fingerprint density at radius 3 is 2.23 bits per heavy atom. The van der Waals surface area contributed by atoms with E-state index >= 15 is 0 Å². The molecule has 6 nitrogen and oxygen atoms in total. The topological polar surface area (TPSA) is 83.9 Å². The minimum Gasteiger partial charge on any atom is -0.480 e. The van der Waals surface area contributed by atoms with Crippen LogP contribution in [0.2, 0.25) is 10.0 Å². The zero-order valence-electron chi connectivity index (χ0n) is 16.7. The van der Waals surface area contributed by atoms with Gasteiger partial charge >= 0.3 is 5.97 Å². The number of nitrogens with zero attached hydrogens (tertiary/aromatic N) is 1. The molecule has 0 unspecified atom stereocenters. The van der Waals surface area contributed by atoms with Gasteiger partial charge in [0.1, 0.15) is 12.3 Å². The Labute approximate surface area is 190 Å². The maximum absolute atomic E-state index is 12.5. The first-order chi connectivity index (χ1) is 14.6. The molecular formula is C22H19Cl2NO5S. The molecule has 9 heteroatoms. The van der Waals surface area contributed by atoms with Crippen LogP contribution in [0.1, 0.15) is 5.56 Å². The maximum Gasteiger partial charge on any atom is 0.324 e. The van der Waals surface area contributed by atoms with Gasteiger partial charge in [0, 0.05) is 10.6 Å². The monoisotopic (exact) mass is 479 g/mol. The highest BCUT2D eigenvalue weighted by molar-refractivity contribution is 7.92. The van der Waals surface area contributed by atoms with Crippen molar-refractivity contribution in [3.05, 3.63) is 76.3 Å². The van der Waals surface area contributed by atoms with Crippen LogP contribution in [-0.4, -0.2) is 32.3 Å². The summed E-state index contributed by atoms with van der Waals surface area (Å²) in [5.41, 5.74) is 1.96. The number of halogens is 2. The number of anilines is 1. The van der Waals surface area contributed by atoms with E-state index in [-0.39, 0.29) is 16.5 Å². The van der Waals surface area contributed by atoms with Crippen molar-refractivity contribution in [1.29, 1.82) is 0 Å². The van der Waals surface area contributed by atoms with Crippen LogP contribution in [0.5, 0.6) is 11.5 Å². The van der Waals surface area contributed by atoms with Crippen molar-refractivity contribution in [1.82, 2.24) is 0 Å². The van der Waals surface area contributed by atoms with Crippen molar-refractivity contribution in [2.75, 3.05) is 17.1 Å². The summed E-state index contributed by atoms with van der Waals surface area (Å²) >= 11 is 12.7. The van der Waals surface area contributed by atoms with E-state index in [1.165, 1.54) is 0 Å². The van der Waals surface area contributed by atoms with Crippen LogP contribution in [0, 0.1) is 6.92 Å². The number of aryl methyl sites for hydroxylation is 1. The summed E-state index contributed by atoms with van der Waals surface area (Å²) in [6.07, 6.45) is 0.931. The lowest BCUT2D eigenvalue weighted by Crippen LogP contribution is -2.35. The van der Waals surface area contributed by atoms with Crippen LogP contribution in [0.25, 0.3) is 11.1 Å². The van der Waals surface area contributed by atoms with Gasteiger partial charge in [-0.05, 0) is 48.4 Å². The molecule has 31 heavy (non-hydrogen) atoms. The number of aliphatic carboxylic acids is 1. The van der Waals surface area contributed by atoms with Crippen LogP contribution >= 0.6 is 23.2 Å². The van der Waals surface area contributed by atoms with Gasteiger partial charge in [0.15, 0.2) is 5.75 Å². The number of hydrogen-bond donors (Lipinski definition) is 1. The van der Waals surface area contributed by atoms with Gasteiger partial charge in [-0.15, -0.1) is 0 Å². The lowest BCUT2D eigenvalue weighted by Gasteiger charge is -2.26. The quantitative estimate of drug-likeness (QED) is 0.475. The minimum atomic E-state index is -3.96. The first-order valence-electron chi connectivity index (χ1n) is 9.09. The molecule has 0 aliphatic carbocycles.